The van der Waals surface area contributed by atoms with Crippen LogP contribution < -0.4 is 14.8 Å². The van der Waals surface area contributed by atoms with Crippen molar-refractivity contribution < 1.29 is 23.8 Å². The van der Waals surface area contributed by atoms with Gasteiger partial charge < -0.3 is 19.5 Å². The van der Waals surface area contributed by atoms with Gasteiger partial charge in [-0.1, -0.05) is 12.1 Å². The summed E-state index contributed by atoms with van der Waals surface area (Å²) in [6.07, 6.45) is 0. The first kappa shape index (κ1) is 18.8. The molecular formula is C18H18BrNO5. The highest BCUT2D eigenvalue weighted by molar-refractivity contribution is 9.10. The predicted octanol–water partition coefficient (Wildman–Crippen LogP) is 3.65. The van der Waals surface area contributed by atoms with E-state index in [1.165, 1.54) is 7.11 Å². The van der Waals surface area contributed by atoms with E-state index in [4.69, 9.17) is 14.2 Å². The number of anilines is 1. The molecule has 0 aliphatic rings. The first-order valence-corrected chi connectivity index (χ1v) is 8.36. The Morgan fingerprint density at radius 3 is 2.56 bits per heavy atom. The number of carbonyl (C=O) groups excluding carboxylic acids is 2. The van der Waals surface area contributed by atoms with Gasteiger partial charge in [-0.05, 0) is 53.2 Å². The molecule has 0 bridgehead atoms. The fourth-order valence-corrected chi connectivity index (χ4v) is 2.59. The van der Waals surface area contributed by atoms with Gasteiger partial charge in [-0.25, -0.2) is 4.79 Å². The second-order valence-electron chi connectivity index (χ2n) is 4.90. The molecule has 0 radical (unpaired) electrons. The van der Waals surface area contributed by atoms with E-state index in [0.717, 1.165) is 0 Å². The molecule has 0 atom stereocenters. The number of amides is 1. The van der Waals surface area contributed by atoms with Gasteiger partial charge >= 0.3 is 5.97 Å². The summed E-state index contributed by atoms with van der Waals surface area (Å²) in [6.45, 7) is 1.94. The minimum Gasteiger partial charge on any atom is -0.496 e. The number of methoxy groups -OCH3 is 1. The van der Waals surface area contributed by atoms with Crippen LogP contribution in [0.1, 0.15) is 17.3 Å². The number of benzene rings is 2. The Bertz CT molecular complexity index is 763. The number of rotatable bonds is 7. The van der Waals surface area contributed by atoms with E-state index in [-0.39, 0.29) is 0 Å². The van der Waals surface area contributed by atoms with Crippen LogP contribution in [0.15, 0.2) is 46.9 Å². The summed E-state index contributed by atoms with van der Waals surface area (Å²) in [5.41, 5.74) is 0.841. The zero-order chi connectivity index (χ0) is 18.2. The molecule has 25 heavy (non-hydrogen) atoms. The molecule has 0 unspecified atom stereocenters. The summed E-state index contributed by atoms with van der Waals surface area (Å²) in [5.74, 6) is 0.107. The average Bonchev–Trinajstić information content (AvgIpc) is 2.61. The summed E-state index contributed by atoms with van der Waals surface area (Å²) in [4.78, 5) is 24.0. The van der Waals surface area contributed by atoms with Crippen molar-refractivity contribution in [3.8, 4) is 11.5 Å². The van der Waals surface area contributed by atoms with E-state index in [2.05, 4.69) is 21.2 Å². The molecule has 132 valence electrons. The normalized spacial score (nSPS) is 10.0. The van der Waals surface area contributed by atoms with Crippen LogP contribution in [-0.2, 0) is 9.53 Å². The van der Waals surface area contributed by atoms with E-state index in [0.29, 0.717) is 33.8 Å². The van der Waals surface area contributed by atoms with E-state index < -0.39 is 18.5 Å². The molecule has 2 rings (SSSR count). The first-order valence-electron chi connectivity index (χ1n) is 7.57. The topological polar surface area (TPSA) is 73.9 Å². The molecule has 0 saturated carbocycles. The Labute approximate surface area is 154 Å². The van der Waals surface area contributed by atoms with Crippen LogP contribution in [0.25, 0.3) is 0 Å². The first-order chi connectivity index (χ1) is 12.0. The zero-order valence-electron chi connectivity index (χ0n) is 13.9. The fourth-order valence-electron chi connectivity index (χ4n) is 2.05. The Kier molecular flexibility index (Phi) is 6.82. The lowest BCUT2D eigenvalue weighted by Gasteiger charge is -2.11. The Balaban J connectivity index is 1.93. The van der Waals surface area contributed by atoms with Gasteiger partial charge in [0.25, 0.3) is 5.91 Å². The molecule has 2 aromatic rings. The van der Waals surface area contributed by atoms with Gasteiger partial charge in [0.1, 0.15) is 11.5 Å². The summed E-state index contributed by atoms with van der Waals surface area (Å²) < 4.78 is 16.2. The Morgan fingerprint density at radius 2 is 1.88 bits per heavy atom. The Hall–Kier alpha value is -2.54. The number of halogens is 1. The van der Waals surface area contributed by atoms with Crippen molar-refractivity contribution in [2.45, 2.75) is 6.92 Å². The maximum absolute atomic E-state index is 12.0. The van der Waals surface area contributed by atoms with Gasteiger partial charge in [0, 0.05) is 0 Å². The molecule has 0 fully saturated rings. The largest absolute Gasteiger partial charge is 0.496 e. The van der Waals surface area contributed by atoms with Crippen LogP contribution in [0.4, 0.5) is 5.69 Å². The van der Waals surface area contributed by atoms with Crippen LogP contribution in [0, 0.1) is 0 Å². The van der Waals surface area contributed by atoms with Crippen molar-refractivity contribution in [3.63, 3.8) is 0 Å². The van der Waals surface area contributed by atoms with E-state index >= 15 is 0 Å². The lowest BCUT2D eigenvalue weighted by molar-refractivity contribution is -0.119. The van der Waals surface area contributed by atoms with Gasteiger partial charge in [-0.15, -0.1) is 0 Å². The van der Waals surface area contributed by atoms with Gasteiger partial charge in [0.05, 0.1) is 29.4 Å². The summed E-state index contributed by atoms with van der Waals surface area (Å²) >= 11 is 3.30. The molecule has 0 spiro atoms. The summed E-state index contributed by atoms with van der Waals surface area (Å²) in [5, 5.41) is 2.66. The second-order valence-corrected chi connectivity index (χ2v) is 5.76. The highest BCUT2D eigenvalue weighted by atomic mass is 79.9. The van der Waals surface area contributed by atoms with E-state index in [1.807, 2.05) is 13.0 Å². The number of para-hydroxylation sites is 2. The van der Waals surface area contributed by atoms with Crippen LogP contribution in [0.2, 0.25) is 0 Å². The summed E-state index contributed by atoms with van der Waals surface area (Å²) in [6, 6.07) is 11.8. The molecule has 1 N–H and O–H groups in total. The lowest BCUT2D eigenvalue weighted by Crippen LogP contribution is -2.21. The zero-order valence-corrected chi connectivity index (χ0v) is 15.5. The number of hydrogen-bond acceptors (Lipinski definition) is 5. The third-order valence-electron chi connectivity index (χ3n) is 3.18. The van der Waals surface area contributed by atoms with Crippen LogP contribution in [0.3, 0.4) is 0 Å². The molecule has 6 nitrogen and oxygen atoms in total. The molecule has 0 heterocycles. The predicted molar refractivity (Wildman–Crippen MR) is 97.2 cm³/mol. The van der Waals surface area contributed by atoms with Crippen molar-refractivity contribution in [1.82, 2.24) is 0 Å². The number of carbonyl (C=O) groups is 2. The minimum atomic E-state index is -0.600. The molecule has 2 aromatic carbocycles. The molecule has 0 aromatic heterocycles. The average molecular weight is 408 g/mol. The lowest BCUT2D eigenvalue weighted by atomic mass is 10.2. The second kappa shape index (κ2) is 9.08. The third kappa shape index (κ3) is 5.22. The van der Waals surface area contributed by atoms with E-state index in [9.17, 15) is 9.59 Å². The number of nitrogens with one attached hydrogen (secondary N) is 1. The molecular weight excluding hydrogens is 390 g/mol. The maximum Gasteiger partial charge on any atom is 0.338 e. The third-order valence-corrected chi connectivity index (χ3v) is 3.80. The minimum absolute atomic E-state index is 0.315. The van der Waals surface area contributed by atoms with Crippen molar-refractivity contribution in [1.29, 1.82) is 0 Å². The maximum atomic E-state index is 12.0. The smallest absolute Gasteiger partial charge is 0.338 e. The van der Waals surface area contributed by atoms with Gasteiger partial charge in [-0.3, -0.25) is 4.79 Å². The number of hydrogen-bond donors (Lipinski definition) is 1. The van der Waals surface area contributed by atoms with Gasteiger partial charge in [0.2, 0.25) is 0 Å². The molecule has 1 amide bonds. The van der Waals surface area contributed by atoms with Crippen molar-refractivity contribution in [3.05, 3.63) is 52.5 Å². The van der Waals surface area contributed by atoms with Crippen LogP contribution in [0.5, 0.6) is 11.5 Å². The van der Waals surface area contributed by atoms with Crippen LogP contribution in [-0.4, -0.2) is 32.2 Å². The van der Waals surface area contributed by atoms with Crippen molar-refractivity contribution in [2.75, 3.05) is 25.6 Å². The number of ether oxygens (including phenoxy) is 3. The SMILES string of the molecule is CCOc1ccccc1NC(=O)COC(=O)c1ccc(OC)c(Br)c1. The van der Waals surface area contributed by atoms with Crippen molar-refractivity contribution in [2.24, 2.45) is 0 Å². The highest BCUT2D eigenvalue weighted by Gasteiger charge is 2.13. The number of esters is 1. The quantitative estimate of drug-likeness (QED) is 0.708. The van der Waals surface area contributed by atoms with Gasteiger partial charge in [0.15, 0.2) is 6.61 Å². The van der Waals surface area contributed by atoms with Gasteiger partial charge in [-0.2, -0.15) is 0 Å². The molecule has 0 saturated heterocycles. The Morgan fingerprint density at radius 1 is 1.12 bits per heavy atom. The monoisotopic (exact) mass is 407 g/mol. The molecule has 7 heteroatoms. The molecule has 0 aliphatic carbocycles. The fraction of sp³-hybridized carbons (Fsp3) is 0.222. The van der Waals surface area contributed by atoms with Crippen LogP contribution >= 0.6 is 15.9 Å². The highest BCUT2D eigenvalue weighted by Crippen LogP contribution is 2.26. The molecule has 0 aliphatic heterocycles. The standard InChI is InChI=1S/C18H18BrNO5/c1-3-24-16-7-5-4-6-14(16)20-17(21)11-25-18(22)12-8-9-15(23-2)13(19)10-12/h4-10H,3,11H2,1-2H3,(H,20,21). The van der Waals surface area contributed by atoms with Crippen molar-refractivity contribution >= 4 is 33.5 Å². The van der Waals surface area contributed by atoms with E-state index in [1.54, 1.807) is 36.4 Å². The summed E-state index contributed by atoms with van der Waals surface area (Å²) in [7, 11) is 1.53.